The molecule has 2 amide bonds. The molecular weight excluding hydrogens is 604 g/mol. The Bertz CT molecular complexity index is 1560. The molecule has 1 saturated heterocycles. The fourth-order valence-corrected chi connectivity index (χ4v) is 5.98. The lowest BCUT2D eigenvalue weighted by Gasteiger charge is -2.36. The molecule has 240 valence electrons. The standard InChI is InChI=1S/C35H38N4O6S/c40-22-24-9-11-27(12-10-24)31-20-30(23-46-35-36-17-4-18-37-35)44-34(45-31)28-15-13-26(14-16-28)29-6-3-5-25(19-29)21-38-32(41)7-1-2-8-33(42)39-43/h3-6,9-19,30-31,34,40,43H,1-2,7-8,20-23H2,(H,38,41)(H,39,42)/t30-,31+,34+/m0/s1. The smallest absolute Gasteiger partial charge is 0.243 e. The van der Waals surface area contributed by atoms with E-state index in [2.05, 4.69) is 21.4 Å². The second-order valence-electron chi connectivity index (χ2n) is 11.0. The predicted octanol–water partition coefficient (Wildman–Crippen LogP) is 5.66. The average Bonchev–Trinajstić information content (AvgIpc) is 3.12. The highest BCUT2D eigenvalue weighted by Gasteiger charge is 2.32. The zero-order valence-corrected chi connectivity index (χ0v) is 26.2. The summed E-state index contributed by atoms with van der Waals surface area (Å²) in [5, 5.41) is 21.7. The van der Waals surface area contributed by atoms with Crippen LogP contribution in [0.1, 0.15) is 66.8 Å². The van der Waals surface area contributed by atoms with Crippen LogP contribution in [0.25, 0.3) is 11.1 Å². The van der Waals surface area contributed by atoms with Crippen LogP contribution in [0, 0.1) is 0 Å². The Balaban J connectivity index is 1.22. The van der Waals surface area contributed by atoms with Gasteiger partial charge in [0.25, 0.3) is 0 Å². The number of rotatable bonds is 14. The van der Waals surface area contributed by atoms with Crippen molar-refractivity contribution in [1.82, 2.24) is 20.8 Å². The minimum Gasteiger partial charge on any atom is -0.392 e. The number of aromatic nitrogens is 2. The Morgan fingerprint density at radius 2 is 1.54 bits per heavy atom. The minimum atomic E-state index is -0.563. The summed E-state index contributed by atoms with van der Waals surface area (Å²) in [6, 6.07) is 25.8. The molecule has 0 spiro atoms. The fourth-order valence-electron chi connectivity index (χ4n) is 5.16. The van der Waals surface area contributed by atoms with Crippen LogP contribution in [0.15, 0.2) is 96.4 Å². The highest BCUT2D eigenvalue weighted by molar-refractivity contribution is 7.99. The van der Waals surface area contributed by atoms with Crippen molar-refractivity contribution in [3.8, 4) is 11.1 Å². The normalized spacial score (nSPS) is 17.7. The van der Waals surface area contributed by atoms with Gasteiger partial charge in [-0.15, -0.1) is 0 Å². The van der Waals surface area contributed by atoms with Gasteiger partial charge in [-0.2, -0.15) is 0 Å². The summed E-state index contributed by atoms with van der Waals surface area (Å²) in [7, 11) is 0. The van der Waals surface area contributed by atoms with Gasteiger partial charge in [-0.05, 0) is 52.8 Å². The lowest BCUT2D eigenvalue weighted by atomic mass is 9.99. The van der Waals surface area contributed by atoms with Crippen molar-refractivity contribution < 1.29 is 29.4 Å². The van der Waals surface area contributed by atoms with E-state index in [1.165, 1.54) is 0 Å². The van der Waals surface area contributed by atoms with E-state index in [9.17, 15) is 14.7 Å². The topological polar surface area (TPSA) is 143 Å². The molecule has 4 aromatic rings. The van der Waals surface area contributed by atoms with Crippen molar-refractivity contribution in [3.63, 3.8) is 0 Å². The number of thioether (sulfide) groups is 1. The molecule has 2 heterocycles. The maximum Gasteiger partial charge on any atom is 0.243 e. The Labute approximate surface area is 272 Å². The number of ether oxygens (including phenoxy) is 2. The lowest BCUT2D eigenvalue weighted by molar-refractivity contribution is -0.245. The number of amides is 2. The summed E-state index contributed by atoms with van der Waals surface area (Å²) in [5.41, 5.74) is 7.42. The molecule has 1 aliphatic heterocycles. The number of carbonyl (C=O) groups is 2. The molecule has 4 N–H and O–H groups in total. The summed E-state index contributed by atoms with van der Waals surface area (Å²) in [4.78, 5) is 32.0. The lowest BCUT2D eigenvalue weighted by Crippen LogP contribution is -2.31. The van der Waals surface area contributed by atoms with Gasteiger partial charge in [-0.3, -0.25) is 14.8 Å². The highest BCUT2D eigenvalue weighted by Crippen LogP contribution is 2.39. The molecular formula is C35H38N4O6S. The molecule has 0 bridgehead atoms. The summed E-state index contributed by atoms with van der Waals surface area (Å²) < 4.78 is 12.9. The quantitative estimate of drug-likeness (QED) is 0.0451. The number of unbranched alkanes of at least 4 members (excludes halogenated alkanes) is 1. The van der Waals surface area contributed by atoms with Crippen molar-refractivity contribution in [2.75, 3.05) is 5.75 Å². The maximum absolute atomic E-state index is 12.2. The molecule has 10 nitrogen and oxygen atoms in total. The number of aliphatic hydroxyl groups excluding tert-OH is 1. The number of nitrogens with one attached hydrogen (secondary N) is 2. The van der Waals surface area contributed by atoms with Crippen LogP contribution in [0.2, 0.25) is 0 Å². The van der Waals surface area contributed by atoms with Gasteiger partial charge < -0.3 is 19.9 Å². The first-order valence-electron chi connectivity index (χ1n) is 15.3. The van der Waals surface area contributed by atoms with Gasteiger partial charge in [0.1, 0.15) is 0 Å². The van der Waals surface area contributed by atoms with E-state index in [1.807, 2.05) is 66.7 Å². The van der Waals surface area contributed by atoms with Gasteiger partial charge in [0, 0.05) is 49.5 Å². The van der Waals surface area contributed by atoms with E-state index in [-0.39, 0.29) is 31.1 Å². The summed E-state index contributed by atoms with van der Waals surface area (Å²) in [6.45, 7) is 0.395. The SMILES string of the molecule is O=C(CCCCC(=O)NCc1cccc(-c2ccc([C@@H]3O[C@H](CSc4ncccn4)C[C@H](c4ccc(CO)cc4)O3)cc2)c1)NO. The molecule has 1 aliphatic rings. The average molecular weight is 643 g/mol. The van der Waals surface area contributed by atoms with Gasteiger partial charge in [0.05, 0.1) is 18.8 Å². The Morgan fingerprint density at radius 1 is 0.826 bits per heavy atom. The van der Waals surface area contributed by atoms with Crippen LogP contribution in [-0.2, 0) is 32.2 Å². The number of hydrogen-bond donors (Lipinski definition) is 4. The second kappa shape index (κ2) is 17.0. The first-order chi connectivity index (χ1) is 22.5. The van der Waals surface area contributed by atoms with Gasteiger partial charge in [-0.25, -0.2) is 15.4 Å². The van der Waals surface area contributed by atoms with Gasteiger partial charge in [0.2, 0.25) is 11.8 Å². The zero-order chi connectivity index (χ0) is 32.1. The van der Waals surface area contributed by atoms with Crippen LogP contribution < -0.4 is 10.8 Å². The van der Waals surface area contributed by atoms with Crippen LogP contribution in [0.5, 0.6) is 0 Å². The van der Waals surface area contributed by atoms with Crippen LogP contribution in [0.4, 0.5) is 0 Å². The largest absolute Gasteiger partial charge is 0.392 e. The van der Waals surface area contributed by atoms with Crippen molar-refractivity contribution in [2.45, 2.75) is 68.9 Å². The molecule has 3 atom stereocenters. The van der Waals surface area contributed by atoms with Crippen molar-refractivity contribution in [3.05, 3.63) is 114 Å². The molecule has 1 aromatic heterocycles. The molecule has 0 radical (unpaired) electrons. The van der Waals surface area contributed by atoms with Crippen molar-refractivity contribution in [2.24, 2.45) is 0 Å². The number of aliphatic hydroxyl groups is 1. The van der Waals surface area contributed by atoms with E-state index < -0.39 is 12.2 Å². The minimum absolute atomic E-state index is 0.00712. The summed E-state index contributed by atoms with van der Waals surface area (Å²) in [5.74, 6) is 0.149. The molecule has 0 aliphatic carbocycles. The third-order valence-electron chi connectivity index (χ3n) is 7.67. The van der Waals surface area contributed by atoms with E-state index in [0.717, 1.165) is 33.4 Å². The molecule has 0 saturated carbocycles. The summed E-state index contributed by atoms with van der Waals surface area (Å²) >= 11 is 1.56. The molecule has 0 unspecified atom stereocenters. The third kappa shape index (κ3) is 9.68. The number of hydroxylamine groups is 1. The Morgan fingerprint density at radius 3 is 2.26 bits per heavy atom. The van der Waals surface area contributed by atoms with Crippen LogP contribution in [-0.4, -0.2) is 44.0 Å². The second-order valence-corrected chi connectivity index (χ2v) is 12.0. The Hall–Kier alpha value is -4.13. The monoisotopic (exact) mass is 642 g/mol. The van der Waals surface area contributed by atoms with E-state index in [4.69, 9.17) is 14.7 Å². The number of carbonyl (C=O) groups excluding carboxylic acids is 2. The highest BCUT2D eigenvalue weighted by atomic mass is 32.2. The van der Waals surface area contributed by atoms with Crippen LogP contribution in [0.3, 0.4) is 0 Å². The van der Waals surface area contributed by atoms with Gasteiger partial charge in [0.15, 0.2) is 11.4 Å². The predicted molar refractivity (Wildman–Crippen MR) is 173 cm³/mol. The van der Waals surface area contributed by atoms with Gasteiger partial charge >= 0.3 is 0 Å². The molecule has 1 fully saturated rings. The van der Waals surface area contributed by atoms with E-state index >= 15 is 0 Å². The first kappa shape index (κ1) is 33.2. The molecule has 46 heavy (non-hydrogen) atoms. The molecule has 11 heteroatoms. The molecule has 5 rings (SSSR count). The zero-order valence-electron chi connectivity index (χ0n) is 25.4. The first-order valence-corrected chi connectivity index (χ1v) is 16.3. The number of hydrogen-bond acceptors (Lipinski definition) is 9. The summed E-state index contributed by atoms with van der Waals surface area (Å²) in [6.07, 6.45) is 4.91. The fraction of sp³-hybridized carbons (Fsp3) is 0.314. The number of benzene rings is 3. The van der Waals surface area contributed by atoms with Crippen molar-refractivity contribution >= 4 is 23.6 Å². The molecule has 3 aromatic carbocycles. The third-order valence-corrected chi connectivity index (χ3v) is 8.68. The van der Waals surface area contributed by atoms with Crippen LogP contribution >= 0.6 is 11.8 Å². The maximum atomic E-state index is 12.2. The van der Waals surface area contributed by atoms with E-state index in [0.29, 0.717) is 43.1 Å². The Kier molecular flexibility index (Phi) is 12.3. The van der Waals surface area contributed by atoms with Crippen molar-refractivity contribution in [1.29, 1.82) is 0 Å². The van der Waals surface area contributed by atoms with Gasteiger partial charge in [-0.1, -0.05) is 78.5 Å². The van der Waals surface area contributed by atoms with E-state index in [1.54, 1.807) is 35.7 Å². The number of nitrogens with zero attached hydrogens (tertiary/aromatic N) is 2.